The Kier molecular flexibility index (Phi) is 4.86. The summed E-state index contributed by atoms with van der Waals surface area (Å²) in [4.78, 5) is 6.07. The van der Waals surface area contributed by atoms with Crippen LogP contribution in [0, 0.1) is 0 Å². The SMILES string of the molecule is CS(=O)(=O)Nc1cccc(C23CCCC(C2)N(Cc2c[nH]c4ccccc24)CC3)c1. The molecule has 2 atom stereocenters. The molecule has 1 aliphatic heterocycles. The van der Waals surface area contributed by atoms with Gasteiger partial charge in [0.25, 0.3) is 0 Å². The number of H-pyrrole nitrogens is 1. The molecule has 30 heavy (non-hydrogen) atoms. The highest BCUT2D eigenvalue weighted by Crippen LogP contribution is 2.47. The summed E-state index contributed by atoms with van der Waals surface area (Å²) >= 11 is 0. The molecule has 6 heteroatoms. The topological polar surface area (TPSA) is 65.2 Å². The predicted octanol–water partition coefficient (Wildman–Crippen LogP) is 4.63. The number of fused-ring (bicyclic) bond motifs is 3. The van der Waals surface area contributed by atoms with E-state index in [-0.39, 0.29) is 5.41 Å². The van der Waals surface area contributed by atoms with Gasteiger partial charge in [0.15, 0.2) is 0 Å². The van der Waals surface area contributed by atoms with Crippen molar-refractivity contribution in [2.24, 2.45) is 0 Å². The first kappa shape index (κ1) is 19.6. The van der Waals surface area contributed by atoms with Crippen LogP contribution >= 0.6 is 0 Å². The molecule has 2 fully saturated rings. The van der Waals surface area contributed by atoms with Crippen LogP contribution in [0.4, 0.5) is 5.69 Å². The average molecular weight is 424 g/mol. The maximum atomic E-state index is 11.7. The largest absolute Gasteiger partial charge is 0.361 e. The highest BCUT2D eigenvalue weighted by Gasteiger charge is 2.43. The Labute approximate surface area is 178 Å². The predicted molar refractivity (Wildman–Crippen MR) is 122 cm³/mol. The van der Waals surface area contributed by atoms with Crippen molar-refractivity contribution in [3.05, 3.63) is 65.9 Å². The summed E-state index contributed by atoms with van der Waals surface area (Å²) in [5.41, 5.74) is 4.70. The van der Waals surface area contributed by atoms with Crippen molar-refractivity contribution < 1.29 is 8.42 Å². The molecule has 2 unspecified atom stereocenters. The lowest BCUT2D eigenvalue weighted by molar-refractivity contribution is 0.0462. The van der Waals surface area contributed by atoms with E-state index < -0.39 is 10.0 Å². The van der Waals surface area contributed by atoms with Crippen LogP contribution in [0.25, 0.3) is 10.9 Å². The number of sulfonamides is 1. The lowest BCUT2D eigenvalue weighted by Gasteiger charge is -2.51. The third-order valence-corrected chi connectivity index (χ3v) is 7.65. The monoisotopic (exact) mass is 423 g/mol. The molecule has 0 radical (unpaired) electrons. The first-order valence-electron chi connectivity index (χ1n) is 10.8. The third kappa shape index (κ3) is 3.74. The van der Waals surface area contributed by atoms with Gasteiger partial charge >= 0.3 is 0 Å². The Hall–Kier alpha value is -2.31. The van der Waals surface area contributed by atoms with Gasteiger partial charge in [-0.25, -0.2) is 8.42 Å². The Morgan fingerprint density at radius 2 is 2.03 bits per heavy atom. The molecule has 1 saturated heterocycles. The lowest BCUT2D eigenvalue weighted by atomic mass is 9.63. The molecule has 2 aliphatic rings. The van der Waals surface area contributed by atoms with Crippen LogP contribution in [-0.4, -0.2) is 37.1 Å². The van der Waals surface area contributed by atoms with Crippen LogP contribution in [0.3, 0.4) is 0 Å². The number of benzene rings is 2. The van der Waals surface area contributed by atoms with Crippen molar-refractivity contribution in [1.82, 2.24) is 9.88 Å². The second-order valence-electron chi connectivity index (χ2n) is 9.07. The summed E-state index contributed by atoms with van der Waals surface area (Å²) in [6, 6.07) is 17.2. The second kappa shape index (κ2) is 7.43. The van der Waals surface area contributed by atoms with Crippen LogP contribution < -0.4 is 4.72 Å². The molecule has 2 N–H and O–H groups in total. The van der Waals surface area contributed by atoms with Crippen LogP contribution in [0.2, 0.25) is 0 Å². The Bertz CT molecular complexity index is 1170. The minimum atomic E-state index is -3.26. The van der Waals surface area contributed by atoms with E-state index in [1.807, 2.05) is 12.1 Å². The van der Waals surface area contributed by atoms with Crippen molar-refractivity contribution in [3.63, 3.8) is 0 Å². The molecule has 5 rings (SSSR count). The van der Waals surface area contributed by atoms with Gasteiger partial charge < -0.3 is 4.98 Å². The zero-order valence-corrected chi connectivity index (χ0v) is 18.2. The molecule has 158 valence electrons. The molecule has 2 aromatic carbocycles. The second-order valence-corrected chi connectivity index (χ2v) is 10.8. The zero-order valence-electron chi connectivity index (χ0n) is 17.4. The zero-order chi connectivity index (χ0) is 20.8. The summed E-state index contributed by atoms with van der Waals surface area (Å²) in [5.74, 6) is 0. The lowest BCUT2D eigenvalue weighted by Crippen LogP contribution is -2.51. The fourth-order valence-corrected chi connectivity index (χ4v) is 6.19. The summed E-state index contributed by atoms with van der Waals surface area (Å²) < 4.78 is 26.0. The third-order valence-electron chi connectivity index (χ3n) is 7.04. The van der Waals surface area contributed by atoms with Gasteiger partial charge in [0.2, 0.25) is 10.0 Å². The van der Waals surface area contributed by atoms with Crippen LogP contribution in [0.1, 0.15) is 43.2 Å². The van der Waals surface area contributed by atoms with E-state index in [2.05, 4.69) is 57.2 Å². The van der Waals surface area contributed by atoms with Gasteiger partial charge in [0.1, 0.15) is 0 Å². The molecule has 5 nitrogen and oxygen atoms in total. The van der Waals surface area contributed by atoms with Gasteiger partial charge in [-0.05, 0) is 67.0 Å². The minimum absolute atomic E-state index is 0.162. The standard InChI is InChI=1S/C24H29N3O2S/c1-30(28,29)26-20-7-4-6-19(14-20)24-11-5-8-21(15-24)27(13-12-24)17-18-16-25-23-10-3-2-9-22(18)23/h2-4,6-7,9-10,14,16,21,25-26H,5,8,11-13,15,17H2,1H3. The number of anilines is 1. The normalized spacial score (nSPS) is 24.8. The maximum absolute atomic E-state index is 11.7. The van der Waals surface area contributed by atoms with E-state index in [0.717, 1.165) is 25.9 Å². The molecule has 1 saturated carbocycles. The Balaban J connectivity index is 1.37. The van der Waals surface area contributed by atoms with Crippen LogP contribution in [0.5, 0.6) is 0 Å². The summed E-state index contributed by atoms with van der Waals surface area (Å²) in [6.07, 6.45) is 9.29. The number of para-hydroxylation sites is 1. The molecular formula is C24H29N3O2S. The van der Waals surface area contributed by atoms with E-state index in [1.165, 1.54) is 47.5 Å². The Morgan fingerprint density at radius 1 is 1.17 bits per heavy atom. The van der Waals surface area contributed by atoms with Gasteiger partial charge in [-0.15, -0.1) is 0 Å². The minimum Gasteiger partial charge on any atom is -0.361 e. The van der Waals surface area contributed by atoms with Gasteiger partial charge in [-0.1, -0.05) is 36.8 Å². The average Bonchev–Trinajstić information content (AvgIpc) is 3.12. The molecule has 3 aromatic rings. The summed E-state index contributed by atoms with van der Waals surface area (Å²) in [6.45, 7) is 2.06. The van der Waals surface area contributed by atoms with E-state index in [4.69, 9.17) is 0 Å². The number of aromatic nitrogens is 1. The highest BCUT2D eigenvalue weighted by atomic mass is 32.2. The molecule has 2 bridgehead atoms. The molecule has 0 amide bonds. The molecule has 2 heterocycles. The first-order chi connectivity index (χ1) is 14.4. The molecular weight excluding hydrogens is 394 g/mol. The fraction of sp³-hybridized carbons (Fsp3) is 0.417. The van der Waals surface area contributed by atoms with Gasteiger partial charge in [0, 0.05) is 35.4 Å². The van der Waals surface area contributed by atoms with Crippen LogP contribution in [-0.2, 0) is 22.0 Å². The summed E-state index contributed by atoms with van der Waals surface area (Å²) in [7, 11) is -3.26. The maximum Gasteiger partial charge on any atom is 0.229 e. The first-order valence-corrected chi connectivity index (χ1v) is 12.7. The van der Waals surface area contributed by atoms with Crippen molar-refractivity contribution in [2.45, 2.75) is 50.1 Å². The van der Waals surface area contributed by atoms with E-state index in [1.54, 1.807) is 0 Å². The smallest absolute Gasteiger partial charge is 0.229 e. The number of likely N-dealkylation sites (tertiary alicyclic amines) is 1. The molecule has 1 aromatic heterocycles. The number of nitrogens with one attached hydrogen (secondary N) is 2. The summed E-state index contributed by atoms with van der Waals surface area (Å²) in [5, 5.41) is 1.32. The van der Waals surface area contributed by atoms with Crippen LogP contribution in [0.15, 0.2) is 54.7 Å². The van der Waals surface area contributed by atoms with E-state index in [0.29, 0.717) is 11.7 Å². The van der Waals surface area contributed by atoms with Crippen molar-refractivity contribution in [1.29, 1.82) is 0 Å². The number of hydrogen-bond acceptors (Lipinski definition) is 3. The van der Waals surface area contributed by atoms with E-state index >= 15 is 0 Å². The van der Waals surface area contributed by atoms with Gasteiger partial charge in [-0.3, -0.25) is 9.62 Å². The van der Waals surface area contributed by atoms with Gasteiger partial charge in [0.05, 0.1) is 6.26 Å². The number of aromatic amines is 1. The van der Waals surface area contributed by atoms with E-state index in [9.17, 15) is 8.42 Å². The quantitative estimate of drug-likeness (QED) is 0.629. The van der Waals surface area contributed by atoms with Gasteiger partial charge in [-0.2, -0.15) is 0 Å². The number of nitrogens with zero attached hydrogens (tertiary/aromatic N) is 1. The number of rotatable bonds is 5. The number of hydrogen-bond donors (Lipinski definition) is 2. The van der Waals surface area contributed by atoms with Crippen molar-refractivity contribution >= 4 is 26.6 Å². The van der Waals surface area contributed by atoms with Crippen molar-refractivity contribution in [2.75, 3.05) is 17.5 Å². The molecule has 1 aliphatic carbocycles. The fourth-order valence-electron chi connectivity index (χ4n) is 5.63. The molecule has 0 spiro atoms. The highest BCUT2D eigenvalue weighted by molar-refractivity contribution is 7.92. The van der Waals surface area contributed by atoms with Crippen molar-refractivity contribution in [3.8, 4) is 0 Å². The Morgan fingerprint density at radius 3 is 2.90 bits per heavy atom. The number of piperidine rings is 1.